The fourth-order valence-electron chi connectivity index (χ4n) is 3.99. The van der Waals surface area contributed by atoms with Gasteiger partial charge in [0.15, 0.2) is 6.10 Å². The maximum Gasteiger partial charge on any atom is 1.00 e. The number of phosphoric acid groups is 1. The van der Waals surface area contributed by atoms with Crippen molar-refractivity contribution in [3.63, 3.8) is 0 Å². The van der Waals surface area contributed by atoms with Gasteiger partial charge in [0.05, 0.1) is 14.2 Å². The average Bonchev–Trinajstić information content (AvgIpc) is 2.77. The molecule has 204 valence electrons. The normalized spacial score (nSPS) is 12.3. The van der Waals surface area contributed by atoms with E-state index in [2.05, 4.69) is 4.52 Å². The van der Waals surface area contributed by atoms with Gasteiger partial charge in [-0.15, -0.1) is 0 Å². The number of benzene rings is 2. The van der Waals surface area contributed by atoms with E-state index in [4.69, 9.17) is 9.47 Å². The summed E-state index contributed by atoms with van der Waals surface area (Å²) in [4.78, 5) is 49.0. The van der Waals surface area contributed by atoms with Crippen molar-refractivity contribution in [3.8, 4) is 11.5 Å². The number of para-hydroxylation sites is 2. The van der Waals surface area contributed by atoms with E-state index in [1.165, 1.54) is 0 Å². The van der Waals surface area contributed by atoms with Crippen LogP contribution in [0.2, 0.25) is 0 Å². The number of carbonyl (C=O) groups is 2. The van der Waals surface area contributed by atoms with Crippen molar-refractivity contribution in [2.45, 2.75) is 91.6 Å². The first-order valence-corrected chi connectivity index (χ1v) is 14.0. The fraction of sp³-hybridized carbons (Fsp3) is 0.500. The van der Waals surface area contributed by atoms with Crippen LogP contribution in [-0.4, -0.2) is 18.0 Å². The van der Waals surface area contributed by atoms with Gasteiger partial charge in [-0.25, -0.2) is 4.79 Å². The van der Waals surface area contributed by atoms with E-state index in [1.807, 2.05) is 79.7 Å². The number of esters is 2. The van der Waals surface area contributed by atoms with Crippen LogP contribution >= 0.6 is 7.82 Å². The van der Waals surface area contributed by atoms with Gasteiger partial charge in [0.25, 0.3) is 0 Å². The minimum Gasteiger partial charge on any atom is -0.790 e. The standard InChI is InChI=1S/C28H39O8P.2Na/c1-16(2)20-11-9-12-21(17(3)4)26(20)34-25(29)15-24(36-37(31,32)33)28(30)35-27-22(18(5)6)13-10-14-23(27)19(7)8;;/h9-14,16-19,24H,15H2,1-8H3,(H2,31,32,33);;/q;2*+1/p-2. The van der Waals surface area contributed by atoms with Gasteiger partial charge in [0.2, 0.25) is 0 Å². The van der Waals surface area contributed by atoms with Gasteiger partial charge in [-0.05, 0) is 45.9 Å². The van der Waals surface area contributed by atoms with E-state index < -0.39 is 32.3 Å². The van der Waals surface area contributed by atoms with Gasteiger partial charge < -0.3 is 28.3 Å². The van der Waals surface area contributed by atoms with E-state index in [0.717, 1.165) is 22.3 Å². The van der Waals surface area contributed by atoms with Crippen LogP contribution in [0.3, 0.4) is 0 Å². The molecular weight excluding hydrogens is 541 g/mol. The van der Waals surface area contributed by atoms with Gasteiger partial charge >= 0.3 is 71.1 Å². The summed E-state index contributed by atoms with van der Waals surface area (Å²) < 4.78 is 27.2. The topological polar surface area (TPSA) is 125 Å². The number of phosphoric ester groups is 1. The Kier molecular flexibility index (Phi) is 16.6. The molecule has 2 aromatic rings. The smallest absolute Gasteiger partial charge is 0.790 e. The summed E-state index contributed by atoms with van der Waals surface area (Å²) in [5.41, 5.74) is 3.01. The molecule has 0 saturated heterocycles. The molecule has 2 aromatic carbocycles. The summed E-state index contributed by atoms with van der Waals surface area (Å²) in [5.74, 6) is -1.45. The molecule has 0 fully saturated rings. The molecule has 0 N–H and O–H groups in total. The Hall–Kier alpha value is -0.510. The van der Waals surface area contributed by atoms with Crippen molar-refractivity contribution in [2.24, 2.45) is 0 Å². The van der Waals surface area contributed by atoms with E-state index in [9.17, 15) is 23.9 Å². The zero-order chi connectivity index (χ0) is 28.1. The molecule has 0 aliphatic rings. The number of rotatable bonds is 11. The van der Waals surface area contributed by atoms with Crippen molar-refractivity contribution in [1.29, 1.82) is 0 Å². The van der Waals surface area contributed by atoms with Gasteiger partial charge in [0.1, 0.15) is 11.5 Å². The van der Waals surface area contributed by atoms with E-state index >= 15 is 0 Å². The third kappa shape index (κ3) is 11.4. The Bertz CT molecular complexity index is 1110. The Balaban J connectivity index is 0.00000722. The van der Waals surface area contributed by atoms with E-state index in [-0.39, 0.29) is 88.5 Å². The molecular formula is C28H37Na2O8P. The monoisotopic (exact) mass is 578 g/mol. The molecule has 0 bridgehead atoms. The Labute approximate surface area is 276 Å². The molecule has 11 heteroatoms. The van der Waals surface area contributed by atoms with Gasteiger partial charge in [-0.1, -0.05) is 91.8 Å². The second-order valence-electron chi connectivity index (χ2n) is 10.3. The summed E-state index contributed by atoms with van der Waals surface area (Å²) in [6.45, 7) is 15.5. The molecule has 39 heavy (non-hydrogen) atoms. The quantitative estimate of drug-likeness (QED) is 0.149. The fourth-order valence-corrected chi connectivity index (χ4v) is 4.47. The summed E-state index contributed by atoms with van der Waals surface area (Å²) >= 11 is 0. The average molecular weight is 579 g/mol. The second-order valence-corrected chi connectivity index (χ2v) is 11.4. The summed E-state index contributed by atoms with van der Waals surface area (Å²) in [5, 5.41) is 0. The summed E-state index contributed by atoms with van der Waals surface area (Å²) in [7, 11) is -5.64. The number of ether oxygens (including phenoxy) is 2. The van der Waals surface area contributed by atoms with Crippen LogP contribution in [-0.2, 0) is 18.7 Å². The Morgan fingerprint density at radius 3 is 1.33 bits per heavy atom. The predicted molar refractivity (Wildman–Crippen MR) is 138 cm³/mol. The van der Waals surface area contributed by atoms with Gasteiger partial charge in [-0.3, -0.25) is 4.79 Å². The van der Waals surface area contributed by atoms with Crippen LogP contribution in [0.5, 0.6) is 11.5 Å². The SMILES string of the molecule is CC(C)c1cccc(C(C)C)c1OC(=O)CC(OP(=O)([O-])[O-])C(=O)Oc1c(C(C)C)cccc1C(C)C.[Na+].[Na+]. The maximum absolute atomic E-state index is 13.1. The molecule has 0 amide bonds. The number of hydrogen-bond donors (Lipinski definition) is 0. The van der Waals surface area contributed by atoms with Crippen molar-refractivity contribution < 1.29 is 97.1 Å². The first-order chi connectivity index (χ1) is 17.1. The molecule has 0 aliphatic heterocycles. The van der Waals surface area contributed by atoms with Crippen molar-refractivity contribution in [3.05, 3.63) is 58.7 Å². The molecule has 0 radical (unpaired) electrons. The third-order valence-corrected chi connectivity index (χ3v) is 6.44. The molecule has 0 spiro atoms. The van der Waals surface area contributed by atoms with Crippen LogP contribution in [0.1, 0.15) is 108 Å². The number of carbonyl (C=O) groups excluding carboxylic acids is 2. The zero-order valence-corrected chi connectivity index (χ0v) is 29.7. The molecule has 1 atom stereocenters. The van der Waals surface area contributed by atoms with E-state index in [1.54, 1.807) is 12.1 Å². The van der Waals surface area contributed by atoms with Crippen molar-refractivity contribution >= 4 is 19.8 Å². The Morgan fingerprint density at radius 1 is 0.692 bits per heavy atom. The maximum atomic E-state index is 13.1. The minimum absolute atomic E-state index is 0. The van der Waals surface area contributed by atoms with Crippen LogP contribution in [0.25, 0.3) is 0 Å². The minimum atomic E-state index is -5.64. The Morgan fingerprint density at radius 2 is 1.03 bits per heavy atom. The third-order valence-electron chi connectivity index (χ3n) is 5.93. The van der Waals surface area contributed by atoms with Crippen molar-refractivity contribution in [2.75, 3.05) is 0 Å². The molecule has 2 rings (SSSR count). The first kappa shape index (κ1) is 38.5. The van der Waals surface area contributed by atoms with Gasteiger partial charge in [0, 0.05) is 0 Å². The number of hydrogen-bond acceptors (Lipinski definition) is 8. The molecule has 8 nitrogen and oxygen atoms in total. The van der Waals surface area contributed by atoms with Gasteiger partial charge in [-0.2, -0.15) is 0 Å². The van der Waals surface area contributed by atoms with E-state index in [0.29, 0.717) is 5.75 Å². The first-order valence-electron chi connectivity index (χ1n) is 12.5. The van der Waals surface area contributed by atoms with Crippen molar-refractivity contribution in [1.82, 2.24) is 0 Å². The molecule has 0 aromatic heterocycles. The molecule has 1 unspecified atom stereocenters. The summed E-state index contributed by atoms with van der Waals surface area (Å²) in [6, 6.07) is 11.0. The molecule has 0 saturated carbocycles. The predicted octanol–water partition coefficient (Wildman–Crippen LogP) is -0.697. The molecule has 0 heterocycles. The van der Waals surface area contributed by atoms with Crippen LogP contribution in [0.4, 0.5) is 0 Å². The zero-order valence-electron chi connectivity index (χ0n) is 24.8. The largest absolute Gasteiger partial charge is 1.00 e. The second kappa shape index (κ2) is 16.8. The molecule has 0 aliphatic carbocycles. The van der Waals surface area contributed by atoms with Crippen LogP contribution < -0.4 is 78.4 Å². The van der Waals surface area contributed by atoms with Crippen LogP contribution in [0.15, 0.2) is 36.4 Å². The summed E-state index contributed by atoms with van der Waals surface area (Å²) in [6.07, 6.45) is -2.82. The van der Waals surface area contributed by atoms with Crippen LogP contribution in [0, 0.1) is 0 Å².